The first kappa shape index (κ1) is 9.96. The molecule has 3 heteroatoms. The Morgan fingerprint density at radius 1 is 1.58 bits per heavy atom. The highest BCUT2D eigenvalue weighted by atomic mass is 16.5. The van der Waals surface area contributed by atoms with E-state index in [-0.39, 0.29) is 0 Å². The van der Waals surface area contributed by atoms with Crippen molar-refractivity contribution in [1.82, 2.24) is 10.2 Å². The van der Waals surface area contributed by atoms with Gasteiger partial charge in [-0.2, -0.15) is 0 Å². The molecule has 1 saturated heterocycles. The van der Waals surface area contributed by atoms with E-state index < -0.39 is 0 Å². The molecule has 0 spiro atoms. The van der Waals surface area contributed by atoms with Crippen LogP contribution in [-0.4, -0.2) is 50.8 Å². The Kier molecular flexibility index (Phi) is 4.58. The summed E-state index contributed by atoms with van der Waals surface area (Å²) in [4.78, 5) is 2.51. The fourth-order valence-corrected chi connectivity index (χ4v) is 1.71. The van der Waals surface area contributed by atoms with Gasteiger partial charge in [-0.25, -0.2) is 0 Å². The number of nitrogens with one attached hydrogen (secondary N) is 1. The summed E-state index contributed by atoms with van der Waals surface area (Å²) in [5.74, 6) is 0. The summed E-state index contributed by atoms with van der Waals surface area (Å²) in [6.07, 6.45) is 1.23. The predicted octanol–water partition coefficient (Wildman–Crippen LogP) is 0.317. The molecule has 0 aromatic rings. The van der Waals surface area contributed by atoms with Gasteiger partial charge in [0.15, 0.2) is 0 Å². The molecular formula is C9H20N2O. The maximum atomic E-state index is 5.08. The minimum Gasteiger partial charge on any atom is -0.383 e. The van der Waals surface area contributed by atoms with Gasteiger partial charge in [0.1, 0.15) is 0 Å². The van der Waals surface area contributed by atoms with E-state index in [4.69, 9.17) is 4.74 Å². The van der Waals surface area contributed by atoms with Crippen LogP contribution in [0.15, 0.2) is 0 Å². The maximum Gasteiger partial charge on any atom is 0.0589 e. The third-order valence-corrected chi connectivity index (χ3v) is 2.53. The Bertz CT molecular complexity index is 119. The van der Waals surface area contributed by atoms with Crippen LogP contribution in [0.2, 0.25) is 0 Å². The quantitative estimate of drug-likeness (QED) is 0.661. The summed E-state index contributed by atoms with van der Waals surface area (Å²) in [5.41, 5.74) is 0. The summed E-state index contributed by atoms with van der Waals surface area (Å²) >= 11 is 0. The number of rotatable bonds is 4. The normalized spacial score (nSPS) is 26.0. The predicted molar refractivity (Wildman–Crippen MR) is 50.4 cm³/mol. The molecule has 0 amide bonds. The standard InChI is InChI=1S/C9H20N2O/c1-3-9-8-10-4-5-11(9)6-7-12-2/h9-10H,3-8H2,1-2H3. The first-order valence-electron chi connectivity index (χ1n) is 4.82. The van der Waals surface area contributed by atoms with Crippen LogP contribution >= 0.6 is 0 Å². The Balaban J connectivity index is 2.26. The van der Waals surface area contributed by atoms with Crippen LogP contribution < -0.4 is 5.32 Å². The average molecular weight is 172 g/mol. The molecule has 3 nitrogen and oxygen atoms in total. The summed E-state index contributed by atoms with van der Waals surface area (Å²) in [6, 6.07) is 0.717. The molecule has 0 aliphatic carbocycles. The van der Waals surface area contributed by atoms with Crippen LogP contribution in [0.1, 0.15) is 13.3 Å². The Labute approximate surface area is 75.1 Å². The lowest BCUT2D eigenvalue weighted by atomic mass is 10.1. The minimum atomic E-state index is 0.717. The summed E-state index contributed by atoms with van der Waals surface area (Å²) in [6.45, 7) is 7.62. The van der Waals surface area contributed by atoms with E-state index in [2.05, 4.69) is 17.1 Å². The third-order valence-electron chi connectivity index (χ3n) is 2.53. The number of hydrogen-bond donors (Lipinski definition) is 1. The minimum absolute atomic E-state index is 0.717. The lowest BCUT2D eigenvalue weighted by Crippen LogP contribution is -2.51. The van der Waals surface area contributed by atoms with E-state index in [9.17, 15) is 0 Å². The molecule has 1 N–H and O–H groups in total. The molecule has 72 valence electrons. The van der Waals surface area contributed by atoms with Gasteiger partial charge in [-0.05, 0) is 6.42 Å². The first-order chi connectivity index (χ1) is 5.88. The van der Waals surface area contributed by atoms with Crippen molar-refractivity contribution in [2.45, 2.75) is 19.4 Å². The van der Waals surface area contributed by atoms with E-state index >= 15 is 0 Å². The largest absolute Gasteiger partial charge is 0.383 e. The fraction of sp³-hybridized carbons (Fsp3) is 1.00. The molecule has 12 heavy (non-hydrogen) atoms. The first-order valence-corrected chi connectivity index (χ1v) is 4.82. The average Bonchev–Trinajstić information content (AvgIpc) is 2.15. The second-order valence-electron chi connectivity index (χ2n) is 3.29. The van der Waals surface area contributed by atoms with Crippen LogP contribution in [0.25, 0.3) is 0 Å². The number of hydrogen-bond acceptors (Lipinski definition) is 3. The van der Waals surface area contributed by atoms with Crippen molar-refractivity contribution in [3.05, 3.63) is 0 Å². The van der Waals surface area contributed by atoms with Crippen LogP contribution in [0.5, 0.6) is 0 Å². The van der Waals surface area contributed by atoms with Crippen LogP contribution in [0, 0.1) is 0 Å². The van der Waals surface area contributed by atoms with Gasteiger partial charge in [0, 0.05) is 39.3 Å². The van der Waals surface area contributed by atoms with Crippen molar-refractivity contribution in [2.24, 2.45) is 0 Å². The maximum absolute atomic E-state index is 5.08. The molecule has 1 heterocycles. The molecular weight excluding hydrogens is 152 g/mol. The van der Waals surface area contributed by atoms with Crippen molar-refractivity contribution < 1.29 is 4.74 Å². The zero-order chi connectivity index (χ0) is 8.81. The molecule has 1 rings (SSSR count). The highest BCUT2D eigenvalue weighted by molar-refractivity contribution is 4.78. The third kappa shape index (κ3) is 2.73. The van der Waals surface area contributed by atoms with E-state index in [1.807, 2.05) is 0 Å². The van der Waals surface area contributed by atoms with Crippen molar-refractivity contribution in [2.75, 3.05) is 39.9 Å². The smallest absolute Gasteiger partial charge is 0.0589 e. The monoisotopic (exact) mass is 172 g/mol. The van der Waals surface area contributed by atoms with E-state index in [1.54, 1.807) is 7.11 Å². The highest BCUT2D eigenvalue weighted by Crippen LogP contribution is 2.05. The molecule has 0 radical (unpaired) electrons. The van der Waals surface area contributed by atoms with Crippen molar-refractivity contribution in [1.29, 1.82) is 0 Å². The summed E-state index contributed by atoms with van der Waals surface area (Å²) in [5, 5.41) is 3.41. The van der Waals surface area contributed by atoms with Crippen LogP contribution in [0.3, 0.4) is 0 Å². The molecule has 0 saturated carbocycles. The number of methoxy groups -OCH3 is 1. The SMILES string of the molecule is CCC1CNCCN1CCOC. The van der Waals surface area contributed by atoms with Gasteiger partial charge in [-0.15, -0.1) is 0 Å². The molecule has 0 bridgehead atoms. The van der Waals surface area contributed by atoms with Gasteiger partial charge in [0.2, 0.25) is 0 Å². The van der Waals surface area contributed by atoms with Gasteiger partial charge in [0.05, 0.1) is 6.61 Å². The molecule has 1 atom stereocenters. The highest BCUT2D eigenvalue weighted by Gasteiger charge is 2.19. The lowest BCUT2D eigenvalue weighted by Gasteiger charge is -2.35. The fourth-order valence-electron chi connectivity index (χ4n) is 1.71. The Morgan fingerprint density at radius 2 is 2.42 bits per heavy atom. The van der Waals surface area contributed by atoms with Gasteiger partial charge in [-0.1, -0.05) is 6.92 Å². The Morgan fingerprint density at radius 3 is 3.08 bits per heavy atom. The van der Waals surface area contributed by atoms with Crippen LogP contribution in [-0.2, 0) is 4.74 Å². The van der Waals surface area contributed by atoms with E-state index in [0.717, 1.165) is 26.2 Å². The van der Waals surface area contributed by atoms with E-state index in [0.29, 0.717) is 6.04 Å². The van der Waals surface area contributed by atoms with Gasteiger partial charge >= 0.3 is 0 Å². The van der Waals surface area contributed by atoms with Crippen molar-refractivity contribution >= 4 is 0 Å². The van der Waals surface area contributed by atoms with Crippen LogP contribution in [0.4, 0.5) is 0 Å². The molecule has 0 aromatic heterocycles. The zero-order valence-electron chi connectivity index (χ0n) is 8.18. The number of piperazine rings is 1. The lowest BCUT2D eigenvalue weighted by molar-refractivity contribution is 0.102. The van der Waals surface area contributed by atoms with Crippen molar-refractivity contribution in [3.8, 4) is 0 Å². The molecule has 1 unspecified atom stereocenters. The number of ether oxygens (including phenoxy) is 1. The van der Waals surface area contributed by atoms with Gasteiger partial charge < -0.3 is 10.1 Å². The Hall–Kier alpha value is -0.120. The molecule has 0 aromatic carbocycles. The van der Waals surface area contributed by atoms with Gasteiger partial charge in [-0.3, -0.25) is 4.90 Å². The van der Waals surface area contributed by atoms with E-state index in [1.165, 1.54) is 13.0 Å². The topological polar surface area (TPSA) is 24.5 Å². The van der Waals surface area contributed by atoms with Crippen molar-refractivity contribution in [3.63, 3.8) is 0 Å². The molecule has 1 aliphatic rings. The van der Waals surface area contributed by atoms with Gasteiger partial charge in [0.25, 0.3) is 0 Å². The molecule has 1 aliphatic heterocycles. The second-order valence-corrected chi connectivity index (χ2v) is 3.29. The summed E-state index contributed by atoms with van der Waals surface area (Å²) in [7, 11) is 1.77. The second kappa shape index (κ2) is 5.51. The summed E-state index contributed by atoms with van der Waals surface area (Å²) < 4.78 is 5.08. The molecule has 1 fully saturated rings. The zero-order valence-corrected chi connectivity index (χ0v) is 8.18. The number of nitrogens with zero attached hydrogens (tertiary/aromatic N) is 1.